The summed E-state index contributed by atoms with van der Waals surface area (Å²) in [6, 6.07) is 0. The van der Waals surface area contributed by atoms with Gasteiger partial charge in [-0.3, -0.25) is 0 Å². The molecule has 1 heteroatoms. The molecule has 0 nitrogen and oxygen atoms in total. The molecule has 0 saturated heterocycles. The van der Waals surface area contributed by atoms with Crippen molar-refractivity contribution < 1.29 is 0 Å². The lowest BCUT2D eigenvalue weighted by Crippen LogP contribution is -0.552. The van der Waals surface area contributed by atoms with Crippen molar-refractivity contribution in [3.63, 3.8) is 0 Å². The Balaban J connectivity index is -0.00000000900. The third-order valence-corrected chi connectivity index (χ3v) is 0. The van der Waals surface area contributed by atoms with Crippen molar-refractivity contribution in [2.45, 2.75) is 0 Å². The maximum absolute atomic E-state index is 3.00. The predicted molar refractivity (Wildman–Crippen MR) is 44.9 cm³/mol. The van der Waals surface area contributed by atoms with Gasteiger partial charge in [-0.05, 0) is 0 Å². The van der Waals surface area contributed by atoms with Crippen LogP contribution in [-0.4, -0.2) is 0 Å². The summed E-state index contributed by atoms with van der Waals surface area (Å²) in [4.78, 5) is 0. The van der Waals surface area contributed by atoms with Crippen molar-refractivity contribution in [2.75, 3.05) is 0 Å². The summed E-state index contributed by atoms with van der Waals surface area (Å²) < 4.78 is 0. The first-order chi connectivity index (χ1) is 3.00. The summed E-state index contributed by atoms with van der Waals surface area (Å²) in [7, 11) is 0. The van der Waals surface area contributed by atoms with Gasteiger partial charge in [-0.1, -0.05) is 0 Å². The SMILES string of the molecule is C=C.C=C.C=C.P. The zero-order valence-electron chi connectivity index (χ0n) is 4.95. The van der Waals surface area contributed by atoms with Crippen LogP contribution in [0, 0.1) is 0 Å². The fraction of sp³-hybridized carbons (Fsp3) is 0. The van der Waals surface area contributed by atoms with Crippen LogP contribution in [0.2, 0.25) is 0 Å². The Morgan fingerprint density at radius 2 is 0.429 bits per heavy atom. The third kappa shape index (κ3) is 614. The van der Waals surface area contributed by atoms with Crippen LogP contribution in [-0.2, 0) is 0 Å². The zero-order valence-corrected chi connectivity index (χ0v) is 6.36. The van der Waals surface area contributed by atoms with E-state index in [1.54, 1.807) is 0 Å². The van der Waals surface area contributed by atoms with Gasteiger partial charge in [0.15, 0.2) is 0 Å². The van der Waals surface area contributed by atoms with Crippen molar-refractivity contribution in [2.24, 2.45) is 0 Å². The Kier molecular flexibility index (Phi) is 4310. The maximum Gasteiger partial charge on any atom is -0.106 e. The second-order valence-electron chi connectivity index (χ2n) is 0. The van der Waals surface area contributed by atoms with E-state index in [0.717, 1.165) is 0 Å². The summed E-state index contributed by atoms with van der Waals surface area (Å²) in [5.74, 6) is 0. The van der Waals surface area contributed by atoms with Gasteiger partial charge in [-0.25, -0.2) is 0 Å². The summed E-state index contributed by atoms with van der Waals surface area (Å²) in [5, 5.41) is 0. The van der Waals surface area contributed by atoms with Crippen molar-refractivity contribution >= 4 is 9.90 Å². The molecular weight excluding hydrogens is 103 g/mol. The second kappa shape index (κ2) is 997. The first kappa shape index (κ1) is 30.2. The number of hydrogen-bond acceptors (Lipinski definition) is 0. The van der Waals surface area contributed by atoms with Crippen molar-refractivity contribution in [3.8, 4) is 0 Å². The molecule has 0 amide bonds. The van der Waals surface area contributed by atoms with Gasteiger partial charge in [0, 0.05) is 0 Å². The van der Waals surface area contributed by atoms with Crippen LogP contribution < -0.4 is 0 Å². The van der Waals surface area contributed by atoms with Crippen LogP contribution in [0.1, 0.15) is 0 Å². The Morgan fingerprint density at radius 3 is 0.429 bits per heavy atom. The summed E-state index contributed by atoms with van der Waals surface area (Å²) in [5.41, 5.74) is 0. The summed E-state index contributed by atoms with van der Waals surface area (Å²) in [6.45, 7) is 18.0. The highest BCUT2D eigenvalue weighted by Crippen LogP contribution is 0.867. The highest BCUT2D eigenvalue weighted by molar-refractivity contribution is 6.92. The molecule has 0 rings (SSSR count). The molecule has 1 atom stereocenters. The number of rotatable bonds is 0. The highest BCUT2D eigenvalue weighted by atomic mass is 31.0. The van der Waals surface area contributed by atoms with Gasteiger partial charge in [0.2, 0.25) is 0 Å². The normalized spacial score (nSPS) is 1.71. The standard InChI is InChI=1S/3C2H4.H3P/c3*1-2;/h3*1-2H2;1H3. The molecule has 0 heterocycles. The Bertz CT molecular complexity index is 8.90. The fourth-order valence-corrected chi connectivity index (χ4v) is 0. The van der Waals surface area contributed by atoms with Gasteiger partial charge in [-0.2, -0.15) is 9.90 Å². The molecule has 0 aromatic heterocycles. The smallest absolute Gasteiger partial charge is 0.106 e. The van der Waals surface area contributed by atoms with Crippen LogP contribution in [0.25, 0.3) is 0 Å². The van der Waals surface area contributed by atoms with Gasteiger partial charge in [-0.15, -0.1) is 39.5 Å². The average Bonchev–Trinajstić information content (AvgIpc) is 1.81. The van der Waals surface area contributed by atoms with Crippen LogP contribution in [0.4, 0.5) is 0 Å². The summed E-state index contributed by atoms with van der Waals surface area (Å²) >= 11 is 0. The van der Waals surface area contributed by atoms with Gasteiger partial charge >= 0.3 is 0 Å². The van der Waals surface area contributed by atoms with E-state index in [4.69, 9.17) is 0 Å². The van der Waals surface area contributed by atoms with E-state index in [1.807, 2.05) is 0 Å². The monoisotopic (exact) mass is 118 g/mol. The molecule has 0 spiro atoms. The highest BCUT2D eigenvalue weighted by Gasteiger charge is 0.605. The first-order valence-corrected chi connectivity index (χ1v) is 1.50. The average molecular weight is 118 g/mol. The van der Waals surface area contributed by atoms with Gasteiger partial charge < -0.3 is 0 Å². The molecule has 0 aliphatic heterocycles. The minimum absolute atomic E-state index is 0. The van der Waals surface area contributed by atoms with E-state index in [-0.39, 0.29) is 9.90 Å². The summed E-state index contributed by atoms with van der Waals surface area (Å²) in [6.07, 6.45) is 0. The van der Waals surface area contributed by atoms with E-state index in [1.165, 1.54) is 0 Å². The van der Waals surface area contributed by atoms with E-state index in [9.17, 15) is 0 Å². The minimum Gasteiger partial charge on any atom is -0.153 e. The lowest BCUT2D eigenvalue weighted by molar-refractivity contribution is 2.81. The lowest BCUT2D eigenvalue weighted by Gasteiger charge is -0.813. The van der Waals surface area contributed by atoms with Gasteiger partial charge in [0.05, 0.1) is 0 Å². The molecule has 0 bridgehead atoms. The fourth-order valence-electron chi connectivity index (χ4n) is 0. The van der Waals surface area contributed by atoms with E-state index >= 15 is 0 Å². The molecule has 1 unspecified atom stereocenters. The van der Waals surface area contributed by atoms with E-state index in [0.29, 0.717) is 0 Å². The molecular formula is C6H15P. The van der Waals surface area contributed by atoms with Gasteiger partial charge in [0.1, 0.15) is 0 Å². The molecule has 0 radical (unpaired) electrons. The van der Waals surface area contributed by atoms with E-state index < -0.39 is 0 Å². The van der Waals surface area contributed by atoms with Crippen molar-refractivity contribution in [1.29, 1.82) is 0 Å². The molecule has 0 fully saturated rings. The van der Waals surface area contributed by atoms with Crippen molar-refractivity contribution in [1.82, 2.24) is 0 Å². The number of hydrogen-bond donors (Lipinski definition) is 0. The lowest BCUT2D eigenvalue weighted by atomic mass is 11.3. The van der Waals surface area contributed by atoms with E-state index in [2.05, 4.69) is 39.5 Å². The van der Waals surface area contributed by atoms with Crippen molar-refractivity contribution in [3.05, 3.63) is 39.5 Å². The Labute approximate surface area is 50.3 Å². The Morgan fingerprint density at radius 1 is 0.429 bits per heavy atom. The molecule has 0 aromatic carbocycles. The molecule has 0 saturated carbocycles. The second-order valence-corrected chi connectivity index (χ2v) is 0. The molecule has 0 aliphatic rings. The zero-order chi connectivity index (χ0) is 6.00. The topological polar surface area (TPSA) is 0 Å². The quantitative estimate of drug-likeness (QED) is 0.338. The minimum atomic E-state index is 0. The molecule has 44 valence electrons. The molecule has 0 N–H and O–H groups in total. The largest absolute Gasteiger partial charge is 0.153 e. The van der Waals surface area contributed by atoms with Crippen LogP contribution >= 0.6 is 9.90 Å². The maximum atomic E-state index is 3.00. The van der Waals surface area contributed by atoms with Crippen LogP contribution in [0.5, 0.6) is 0 Å². The predicted octanol–water partition coefficient (Wildman–Crippen LogP) is 2.46. The first-order valence-electron chi connectivity index (χ1n) is 1.50. The molecule has 0 aliphatic carbocycles. The van der Waals surface area contributed by atoms with Crippen LogP contribution in [0.15, 0.2) is 39.5 Å². The third-order valence-electron chi connectivity index (χ3n) is 0. The van der Waals surface area contributed by atoms with Gasteiger partial charge in [0.25, 0.3) is 0 Å². The molecule has 0 aromatic rings. The Hall–Kier alpha value is -0.350. The molecule has 7 heavy (non-hydrogen) atoms. The van der Waals surface area contributed by atoms with Crippen LogP contribution in [0.3, 0.4) is 0 Å².